The topological polar surface area (TPSA) is 35.5 Å². The predicted octanol–water partition coefficient (Wildman–Crippen LogP) is 5.15. The smallest absolute Gasteiger partial charge is 0.330 e. The van der Waals surface area contributed by atoms with Crippen LogP contribution in [0.15, 0.2) is 48.5 Å². The third kappa shape index (κ3) is 5.62. The number of ether oxygens (including phenoxy) is 2. The van der Waals surface area contributed by atoms with E-state index in [1.54, 1.807) is 25.1 Å². The van der Waals surface area contributed by atoms with Crippen LogP contribution in [0.25, 0.3) is 6.08 Å². The van der Waals surface area contributed by atoms with Crippen LogP contribution in [0.3, 0.4) is 0 Å². The van der Waals surface area contributed by atoms with Crippen LogP contribution >= 0.6 is 23.2 Å². The molecule has 3 nitrogen and oxygen atoms in total. The number of hydrogen-bond acceptors (Lipinski definition) is 3. The summed E-state index contributed by atoms with van der Waals surface area (Å²) in [7, 11) is 0. The Bertz CT molecular complexity index is 711. The number of halogens is 2. The van der Waals surface area contributed by atoms with E-state index in [9.17, 15) is 4.79 Å². The van der Waals surface area contributed by atoms with Gasteiger partial charge in [0.15, 0.2) is 0 Å². The Morgan fingerprint density at radius 3 is 2.70 bits per heavy atom. The lowest BCUT2D eigenvalue weighted by Crippen LogP contribution is -1.98. The van der Waals surface area contributed by atoms with E-state index < -0.39 is 0 Å². The first-order valence-corrected chi connectivity index (χ1v) is 7.85. The van der Waals surface area contributed by atoms with Crippen molar-refractivity contribution in [2.45, 2.75) is 13.5 Å². The van der Waals surface area contributed by atoms with Crippen LogP contribution in [0, 0.1) is 0 Å². The summed E-state index contributed by atoms with van der Waals surface area (Å²) >= 11 is 11.9. The molecule has 0 atom stereocenters. The first-order chi connectivity index (χ1) is 11.1. The van der Waals surface area contributed by atoms with Gasteiger partial charge in [0, 0.05) is 6.08 Å². The average molecular weight is 351 g/mol. The van der Waals surface area contributed by atoms with Gasteiger partial charge in [0.25, 0.3) is 0 Å². The van der Waals surface area contributed by atoms with Gasteiger partial charge in [0.2, 0.25) is 0 Å². The van der Waals surface area contributed by atoms with Gasteiger partial charge >= 0.3 is 5.97 Å². The van der Waals surface area contributed by atoms with E-state index in [-0.39, 0.29) is 5.97 Å². The van der Waals surface area contributed by atoms with Gasteiger partial charge in [-0.25, -0.2) is 4.79 Å². The molecular formula is C18H16Cl2O3. The first kappa shape index (κ1) is 17.4. The largest absolute Gasteiger partial charge is 0.489 e. The van der Waals surface area contributed by atoms with Gasteiger partial charge in [-0.1, -0.05) is 41.4 Å². The first-order valence-electron chi connectivity index (χ1n) is 7.10. The van der Waals surface area contributed by atoms with E-state index in [2.05, 4.69) is 0 Å². The number of esters is 1. The van der Waals surface area contributed by atoms with Crippen LogP contribution in [0.4, 0.5) is 0 Å². The van der Waals surface area contributed by atoms with Crippen LogP contribution < -0.4 is 4.74 Å². The molecule has 0 fully saturated rings. The molecule has 0 amide bonds. The molecule has 0 spiro atoms. The molecule has 0 bridgehead atoms. The van der Waals surface area contributed by atoms with Crippen molar-refractivity contribution >= 4 is 35.2 Å². The van der Waals surface area contributed by atoms with Gasteiger partial charge in [-0.15, -0.1) is 0 Å². The van der Waals surface area contributed by atoms with E-state index in [1.807, 2.05) is 30.3 Å². The predicted molar refractivity (Wildman–Crippen MR) is 92.9 cm³/mol. The highest BCUT2D eigenvalue weighted by Gasteiger charge is 2.01. The maximum Gasteiger partial charge on any atom is 0.330 e. The quantitative estimate of drug-likeness (QED) is 0.533. The second-order valence-corrected chi connectivity index (χ2v) is 5.51. The fourth-order valence-corrected chi connectivity index (χ4v) is 2.18. The molecule has 2 aromatic rings. The van der Waals surface area contributed by atoms with E-state index in [4.69, 9.17) is 32.7 Å². The van der Waals surface area contributed by atoms with E-state index in [0.29, 0.717) is 29.0 Å². The van der Waals surface area contributed by atoms with Crippen molar-refractivity contribution in [3.8, 4) is 5.75 Å². The summed E-state index contributed by atoms with van der Waals surface area (Å²) < 4.78 is 10.6. The molecule has 0 saturated heterocycles. The molecule has 0 radical (unpaired) electrons. The van der Waals surface area contributed by atoms with Crippen LogP contribution in [-0.4, -0.2) is 12.6 Å². The van der Waals surface area contributed by atoms with E-state index in [0.717, 1.165) is 11.1 Å². The number of hydrogen-bond donors (Lipinski definition) is 0. The summed E-state index contributed by atoms with van der Waals surface area (Å²) in [6.45, 7) is 2.50. The molecule has 0 heterocycles. The van der Waals surface area contributed by atoms with Crippen LogP contribution in [0.1, 0.15) is 18.1 Å². The second-order valence-electron chi connectivity index (χ2n) is 4.70. The fourth-order valence-electron chi connectivity index (χ4n) is 1.86. The Labute approximate surface area is 145 Å². The Morgan fingerprint density at radius 2 is 1.96 bits per heavy atom. The van der Waals surface area contributed by atoms with Gasteiger partial charge in [0.05, 0.1) is 16.7 Å². The van der Waals surface area contributed by atoms with Gasteiger partial charge < -0.3 is 9.47 Å². The Morgan fingerprint density at radius 1 is 1.13 bits per heavy atom. The normalized spacial score (nSPS) is 10.7. The summed E-state index contributed by atoms with van der Waals surface area (Å²) in [5, 5.41) is 1.01. The van der Waals surface area contributed by atoms with Gasteiger partial charge in [0.1, 0.15) is 12.4 Å². The molecular weight excluding hydrogens is 335 g/mol. The van der Waals surface area contributed by atoms with Crippen LogP contribution in [-0.2, 0) is 16.1 Å². The lowest BCUT2D eigenvalue weighted by molar-refractivity contribution is -0.137. The number of benzene rings is 2. The summed E-state index contributed by atoms with van der Waals surface area (Å²) in [4.78, 5) is 11.3. The molecule has 0 aromatic heterocycles. The molecule has 120 valence electrons. The molecule has 2 aromatic carbocycles. The molecule has 0 N–H and O–H groups in total. The van der Waals surface area contributed by atoms with Crippen molar-refractivity contribution < 1.29 is 14.3 Å². The second kappa shape index (κ2) is 8.61. The SMILES string of the molecule is CCOC(=O)/C=C/c1cccc(OCc2ccc(Cl)c(Cl)c2)c1. The highest BCUT2D eigenvalue weighted by atomic mass is 35.5. The highest BCUT2D eigenvalue weighted by Crippen LogP contribution is 2.23. The van der Waals surface area contributed by atoms with Crippen molar-refractivity contribution in [2.75, 3.05) is 6.61 Å². The van der Waals surface area contributed by atoms with Crippen molar-refractivity contribution in [3.63, 3.8) is 0 Å². The zero-order valence-corrected chi connectivity index (χ0v) is 14.1. The molecule has 0 saturated carbocycles. The lowest BCUT2D eigenvalue weighted by Gasteiger charge is -2.08. The minimum absolute atomic E-state index is 0.357. The molecule has 2 rings (SSSR count). The van der Waals surface area contributed by atoms with Gasteiger partial charge in [-0.05, 0) is 48.4 Å². The third-order valence-electron chi connectivity index (χ3n) is 2.95. The number of rotatable bonds is 6. The van der Waals surface area contributed by atoms with Crippen LogP contribution in [0.5, 0.6) is 5.75 Å². The van der Waals surface area contributed by atoms with Crippen molar-refractivity contribution in [1.29, 1.82) is 0 Å². The number of carbonyl (C=O) groups is 1. The van der Waals surface area contributed by atoms with Crippen LogP contribution in [0.2, 0.25) is 10.0 Å². The molecule has 0 unspecified atom stereocenters. The molecule has 0 aliphatic heterocycles. The Kier molecular flexibility index (Phi) is 6.51. The summed E-state index contributed by atoms with van der Waals surface area (Å²) in [6, 6.07) is 12.8. The minimum atomic E-state index is -0.366. The molecule has 5 heteroatoms. The standard InChI is InChI=1S/C18H16Cl2O3/c1-2-22-18(21)9-7-13-4-3-5-15(10-13)23-12-14-6-8-16(19)17(20)11-14/h3-11H,2,12H2,1H3/b9-7+. The monoisotopic (exact) mass is 350 g/mol. The summed E-state index contributed by atoms with van der Waals surface area (Å²) in [6.07, 6.45) is 3.07. The van der Waals surface area contributed by atoms with E-state index in [1.165, 1.54) is 6.08 Å². The average Bonchev–Trinajstić information content (AvgIpc) is 2.55. The zero-order chi connectivity index (χ0) is 16.7. The number of carbonyl (C=O) groups excluding carboxylic acids is 1. The summed E-state index contributed by atoms with van der Waals surface area (Å²) in [5.41, 5.74) is 1.77. The third-order valence-corrected chi connectivity index (χ3v) is 3.69. The highest BCUT2D eigenvalue weighted by molar-refractivity contribution is 6.42. The fraction of sp³-hybridized carbons (Fsp3) is 0.167. The zero-order valence-electron chi connectivity index (χ0n) is 12.6. The minimum Gasteiger partial charge on any atom is -0.489 e. The van der Waals surface area contributed by atoms with Gasteiger partial charge in [-0.2, -0.15) is 0 Å². The summed E-state index contributed by atoms with van der Waals surface area (Å²) in [5.74, 6) is 0.330. The molecule has 0 aliphatic carbocycles. The Hall–Kier alpha value is -1.97. The molecule has 23 heavy (non-hydrogen) atoms. The maximum absolute atomic E-state index is 11.3. The van der Waals surface area contributed by atoms with Crippen molar-refractivity contribution in [2.24, 2.45) is 0 Å². The lowest BCUT2D eigenvalue weighted by atomic mass is 10.2. The van der Waals surface area contributed by atoms with Crippen molar-refractivity contribution in [1.82, 2.24) is 0 Å². The van der Waals surface area contributed by atoms with Gasteiger partial charge in [-0.3, -0.25) is 0 Å². The maximum atomic E-state index is 11.3. The Balaban J connectivity index is 1.99. The van der Waals surface area contributed by atoms with Crippen molar-refractivity contribution in [3.05, 3.63) is 69.7 Å². The van der Waals surface area contributed by atoms with E-state index >= 15 is 0 Å². The molecule has 0 aliphatic rings.